The smallest absolute Gasteiger partial charge is 0.434 e. The third kappa shape index (κ3) is 8.93. The van der Waals surface area contributed by atoms with E-state index in [0.717, 1.165) is 16.7 Å². The minimum atomic E-state index is -4.65. The molecular weight excluding hydrogens is 603 g/mol. The number of thiazole rings is 1. The third-order valence-corrected chi connectivity index (χ3v) is 6.81. The number of halogens is 3. The molecule has 0 saturated carbocycles. The summed E-state index contributed by atoms with van der Waals surface area (Å²) < 4.78 is 45.2. The van der Waals surface area contributed by atoms with Crippen LogP contribution in [0.25, 0.3) is 21.7 Å². The van der Waals surface area contributed by atoms with Gasteiger partial charge in [0.15, 0.2) is 11.9 Å². The number of pyridine rings is 2. The monoisotopic (exact) mass is 637 g/mol. The van der Waals surface area contributed by atoms with Crippen molar-refractivity contribution in [2.75, 3.05) is 12.4 Å². The molecule has 0 aliphatic carbocycles. The zero-order valence-electron chi connectivity index (χ0n) is 25.1. The maximum atomic E-state index is 13.3. The topological polar surface area (TPSA) is 159 Å². The summed E-state index contributed by atoms with van der Waals surface area (Å²) in [6, 6.07) is 3.46. The predicted octanol–water partition coefficient (Wildman–Crippen LogP) is 4.75. The number of carbonyl (C=O) groups excluding carboxylic acids is 3. The summed E-state index contributed by atoms with van der Waals surface area (Å²) in [5, 5.41) is 14.2. The maximum Gasteiger partial charge on any atom is 0.434 e. The number of carbonyl (C=O) groups is 3. The molecule has 12 nitrogen and oxygen atoms in total. The van der Waals surface area contributed by atoms with Gasteiger partial charge in [-0.05, 0) is 50.5 Å². The van der Waals surface area contributed by atoms with Crippen LogP contribution in [0.2, 0.25) is 0 Å². The van der Waals surface area contributed by atoms with E-state index in [4.69, 9.17) is 4.74 Å². The number of alkyl halides is 3. The van der Waals surface area contributed by atoms with Crippen molar-refractivity contribution < 1.29 is 37.4 Å². The summed E-state index contributed by atoms with van der Waals surface area (Å²) >= 11 is 0.766. The molecule has 0 bridgehead atoms. The van der Waals surface area contributed by atoms with Crippen LogP contribution in [0.15, 0.2) is 36.0 Å². The number of nitrogens with one attached hydrogen (secondary N) is 3. The second-order valence-electron chi connectivity index (χ2n) is 11.1. The van der Waals surface area contributed by atoms with Gasteiger partial charge in [-0.1, -0.05) is 13.8 Å². The van der Waals surface area contributed by atoms with Crippen LogP contribution in [-0.2, 0) is 20.5 Å². The Balaban J connectivity index is 1.86. The molecular formula is C28H34F3N7O5S. The Kier molecular flexibility index (Phi) is 10.7. The van der Waals surface area contributed by atoms with Gasteiger partial charge in [0, 0.05) is 42.9 Å². The molecule has 2 atom stereocenters. The average molecular weight is 638 g/mol. The lowest BCUT2D eigenvalue weighted by molar-refractivity contribution is -0.140. The van der Waals surface area contributed by atoms with Crippen molar-refractivity contribution in [1.29, 1.82) is 0 Å². The van der Waals surface area contributed by atoms with Crippen molar-refractivity contribution in [3.8, 4) is 21.7 Å². The van der Waals surface area contributed by atoms with Gasteiger partial charge in [-0.15, -0.1) is 11.3 Å². The fourth-order valence-corrected chi connectivity index (χ4v) is 4.92. The van der Waals surface area contributed by atoms with E-state index < -0.39 is 47.6 Å². The molecule has 0 spiro atoms. The molecule has 0 fully saturated rings. The van der Waals surface area contributed by atoms with E-state index in [-0.39, 0.29) is 28.0 Å². The Morgan fingerprint density at radius 3 is 2.34 bits per heavy atom. The molecule has 3 amide bonds. The van der Waals surface area contributed by atoms with Crippen molar-refractivity contribution in [3.05, 3.63) is 47.4 Å². The molecule has 3 aromatic rings. The number of aromatic nitrogens is 3. The number of anilines is 1. The number of amides is 3. The summed E-state index contributed by atoms with van der Waals surface area (Å²) in [6.07, 6.45) is -4.15. The number of hydrogen-bond acceptors (Lipinski definition) is 10. The molecule has 3 rings (SSSR count). The highest BCUT2D eigenvalue weighted by Gasteiger charge is 2.35. The molecule has 0 saturated heterocycles. The first-order valence-electron chi connectivity index (χ1n) is 13.3. The number of hydrogen-bond donors (Lipinski definition) is 4. The molecule has 0 aliphatic heterocycles. The molecule has 238 valence electrons. The molecule has 44 heavy (non-hydrogen) atoms. The highest BCUT2D eigenvalue weighted by atomic mass is 32.1. The molecule has 0 aliphatic rings. The Labute approximate surface area is 256 Å². The van der Waals surface area contributed by atoms with Gasteiger partial charge < -0.3 is 15.2 Å². The Morgan fingerprint density at radius 1 is 1.09 bits per heavy atom. The van der Waals surface area contributed by atoms with Crippen molar-refractivity contribution in [1.82, 2.24) is 30.7 Å². The van der Waals surface area contributed by atoms with Crippen molar-refractivity contribution in [3.63, 3.8) is 0 Å². The van der Waals surface area contributed by atoms with Crippen LogP contribution in [-0.4, -0.2) is 61.6 Å². The number of hydrazine groups is 1. The Morgan fingerprint density at radius 2 is 1.77 bits per heavy atom. The number of rotatable bonds is 9. The molecule has 3 heterocycles. The number of aliphatic hydroxyl groups excluding tert-OH is 1. The number of aliphatic hydroxyl groups is 1. The fraction of sp³-hybridized carbons (Fsp3) is 0.429. The minimum Gasteiger partial charge on any atom is -0.444 e. The van der Waals surface area contributed by atoms with Gasteiger partial charge >= 0.3 is 12.3 Å². The van der Waals surface area contributed by atoms with E-state index in [1.165, 1.54) is 43.4 Å². The fourth-order valence-electron chi connectivity index (χ4n) is 4.06. The molecule has 3 aromatic heterocycles. The van der Waals surface area contributed by atoms with Crippen LogP contribution in [0, 0.1) is 5.92 Å². The highest BCUT2D eigenvalue weighted by Crippen LogP contribution is 2.38. The highest BCUT2D eigenvalue weighted by molar-refractivity contribution is 7.13. The molecule has 0 aromatic carbocycles. The number of nitrogens with zero attached hydrogens (tertiary/aromatic N) is 4. The van der Waals surface area contributed by atoms with Crippen molar-refractivity contribution in [2.45, 2.75) is 65.6 Å². The van der Waals surface area contributed by atoms with Crippen LogP contribution in [0.1, 0.15) is 59.2 Å². The molecule has 4 N–H and O–H groups in total. The van der Waals surface area contributed by atoms with Crippen LogP contribution in [0.5, 0.6) is 0 Å². The normalized spacial score (nSPS) is 13.3. The lowest BCUT2D eigenvalue weighted by atomic mass is 10.0. The quantitative estimate of drug-likeness (QED) is 0.192. The van der Waals surface area contributed by atoms with Crippen LogP contribution in [0.4, 0.5) is 23.8 Å². The minimum absolute atomic E-state index is 0.0273. The Bertz CT molecular complexity index is 1510. The van der Waals surface area contributed by atoms with E-state index in [0.29, 0.717) is 11.1 Å². The zero-order chi connectivity index (χ0) is 33.0. The SMILES string of the molecule is CC(=O)Nc1cc(-c2nc(C(F)(F)F)cs2)c(-c2ccnc(C(O)NNC(=O)[C@H](C(C)C)N(C)C(=O)OC(C)(C)C)c2)cn1. The van der Waals surface area contributed by atoms with Gasteiger partial charge in [-0.25, -0.2) is 20.2 Å². The number of ether oxygens (including phenoxy) is 1. The maximum absolute atomic E-state index is 13.3. The zero-order valence-corrected chi connectivity index (χ0v) is 25.9. The van der Waals surface area contributed by atoms with E-state index in [1.807, 2.05) is 0 Å². The lowest BCUT2D eigenvalue weighted by Crippen LogP contribution is -2.55. The van der Waals surface area contributed by atoms with E-state index in [2.05, 4.69) is 31.1 Å². The first-order chi connectivity index (χ1) is 20.4. The second kappa shape index (κ2) is 13.7. The first-order valence-corrected chi connectivity index (χ1v) is 14.2. The van der Waals surface area contributed by atoms with E-state index in [9.17, 15) is 32.7 Å². The lowest BCUT2D eigenvalue weighted by Gasteiger charge is -2.32. The largest absolute Gasteiger partial charge is 0.444 e. The summed E-state index contributed by atoms with van der Waals surface area (Å²) in [5.41, 5.74) is 4.10. The Hall–Kier alpha value is -4.15. The van der Waals surface area contributed by atoms with Gasteiger partial charge in [-0.2, -0.15) is 13.2 Å². The second-order valence-corrected chi connectivity index (χ2v) is 12.0. The van der Waals surface area contributed by atoms with Gasteiger partial charge in [0.25, 0.3) is 5.91 Å². The summed E-state index contributed by atoms with van der Waals surface area (Å²) in [4.78, 5) is 50.4. The van der Waals surface area contributed by atoms with Crippen LogP contribution >= 0.6 is 11.3 Å². The van der Waals surface area contributed by atoms with Gasteiger partial charge in [0.05, 0.1) is 5.69 Å². The predicted molar refractivity (Wildman–Crippen MR) is 157 cm³/mol. The van der Waals surface area contributed by atoms with Gasteiger partial charge in [0.1, 0.15) is 22.5 Å². The van der Waals surface area contributed by atoms with E-state index >= 15 is 0 Å². The van der Waals surface area contributed by atoms with Crippen LogP contribution in [0.3, 0.4) is 0 Å². The summed E-state index contributed by atoms with van der Waals surface area (Å²) in [5.74, 6) is -1.25. The summed E-state index contributed by atoms with van der Waals surface area (Å²) in [7, 11) is 1.43. The molecule has 0 radical (unpaired) electrons. The third-order valence-electron chi connectivity index (χ3n) is 5.94. The van der Waals surface area contributed by atoms with Crippen LogP contribution < -0.4 is 16.2 Å². The standard InChI is InChI=1S/C28H34F3N7O5S/c1-14(2)22(38(7)26(42)43-27(4,5)6)24(41)37-36-23(40)19-10-16(8-9-32-19)18-12-33-21(34-15(3)39)11-17(18)25-35-20(13-44-25)28(29,30)31/h8-14,22-23,36,40H,1-7H3,(H,37,41)(H,33,34,39)/t22-,23?/m0/s1. The summed E-state index contributed by atoms with van der Waals surface area (Å²) in [6.45, 7) is 9.87. The average Bonchev–Trinajstić information content (AvgIpc) is 3.41. The van der Waals surface area contributed by atoms with Gasteiger partial charge in [0.2, 0.25) is 5.91 Å². The molecule has 1 unspecified atom stereocenters. The first kappa shape index (κ1) is 34.3. The molecule has 16 heteroatoms. The number of likely N-dealkylation sites (N-methyl/N-ethyl adjacent to an activating group) is 1. The van der Waals surface area contributed by atoms with E-state index in [1.54, 1.807) is 40.7 Å². The van der Waals surface area contributed by atoms with Crippen molar-refractivity contribution >= 4 is 35.1 Å². The van der Waals surface area contributed by atoms with Crippen molar-refractivity contribution in [2.24, 2.45) is 5.92 Å². The van der Waals surface area contributed by atoms with Gasteiger partial charge in [-0.3, -0.25) is 24.9 Å².